The molecule has 0 saturated carbocycles. The molecule has 3 atom stereocenters. The Hall–Kier alpha value is -0.610. The molecule has 2 N–H and O–H groups in total. The standard InChI is InChI=1S/C8H14O4/c1-5-2-6(9)3-7(12-5)4-8(10)11/h5-7,9H,2-4H2,1H3,(H,10,11). The highest BCUT2D eigenvalue weighted by Gasteiger charge is 2.26. The van der Waals surface area contributed by atoms with Crippen LogP contribution in [0.1, 0.15) is 26.2 Å². The normalized spacial score (nSPS) is 36.3. The van der Waals surface area contributed by atoms with Crippen molar-refractivity contribution < 1.29 is 19.7 Å². The first-order chi connectivity index (χ1) is 5.58. The van der Waals surface area contributed by atoms with Crippen LogP contribution in [0.2, 0.25) is 0 Å². The molecule has 0 spiro atoms. The summed E-state index contributed by atoms with van der Waals surface area (Å²) >= 11 is 0. The SMILES string of the molecule is CC1CC(O)CC(CC(=O)O)O1. The van der Waals surface area contributed by atoms with Gasteiger partial charge in [0.1, 0.15) is 0 Å². The van der Waals surface area contributed by atoms with Gasteiger partial charge in [0.05, 0.1) is 24.7 Å². The van der Waals surface area contributed by atoms with Crippen molar-refractivity contribution in [3.05, 3.63) is 0 Å². The zero-order chi connectivity index (χ0) is 9.14. The molecule has 0 bridgehead atoms. The van der Waals surface area contributed by atoms with Crippen molar-refractivity contribution in [3.8, 4) is 0 Å². The summed E-state index contributed by atoms with van der Waals surface area (Å²) in [7, 11) is 0. The number of aliphatic hydroxyl groups excluding tert-OH is 1. The molecule has 1 aliphatic rings. The first kappa shape index (κ1) is 9.48. The van der Waals surface area contributed by atoms with Crippen LogP contribution in [0, 0.1) is 0 Å². The fourth-order valence-corrected chi connectivity index (χ4v) is 1.55. The average Bonchev–Trinajstić information content (AvgIpc) is 1.81. The van der Waals surface area contributed by atoms with E-state index in [0.29, 0.717) is 12.8 Å². The topological polar surface area (TPSA) is 66.8 Å². The second-order valence-corrected chi connectivity index (χ2v) is 3.29. The fourth-order valence-electron chi connectivity index (χ4n) is 1.55. The zero-order valence-corrected chi connectivity index (χ0v) is 7.06. The van der Waals surface area contributed by atoms with Gasteiger partial charge in [-0.25, -0.2) is 0 Å². The predicted molar refractivity (Wildman–Crippen MR) is 41.8 cm³/mol. The van der Waals surface area contributed by atoms with E-state index in [1.165, 1.54) is 0 Å². The van der Waals surface area contributed by atoms with E-state index in [1.54, 1.807) is 0 Å². The maximum absolute atomic E-state index is 10.3. The van der Waals surface area contributed by atoms with Crippen molar-refractivity contribution in [3.63, 3.8) is 0 Å². The number of hydrogen-bond donors (Lipinski definition) is 2. The molecule has 0 aromatic rings. The predicted octanol–water partition coefficient (Wildman–Crippen LogP) is 0.389. The number of aliphatic hydroxyl groups is 1. The first-order valence-corrected chi connectivity index (χ1v) is 4.13. The van der Waals surface area contributed by atoms with Gasteiger partial charge in [-0.15, -0.1) is 0 Å². The van der Waals surface area contributed by atoms with Crippen molar-refractivity contribution >= 4 is 5.97 Å². The van der Waals surface area contributed by atoms with E-state index in [0.717, 1.165) is 0 Å². The molecule has 0 amide bonds. The number of hydrogen-bond acceptors (Lipinski definition) is 3. The Balaban J connectivity index is 2.38. The second-order valence-electron chi connectivity index (χ2n) is 3.29. The summed E-state index contributed by atoms with van der Waals surface area (Å²) in [5.41, 5.74) is 0. The number of aliphatic carboxylic acids is 1. The molecule has 70 valence electrons. The highest BCUT2D eigenvalue weighted by Crippen LogP contribution is 2.21. The minimum Gasteiger partial charge on any atom is -0.481 e. The lowest BCUT2D eigenvalue weighted by Crippen LogP contribution is -2.35. The Morgan fingerprint density at radius 2 is 2.25 bits per heavy atom. The Morgan fingerprint density at radius 1 is 1.58 bits per heavy atom. The molecule has 0 aromatic carbocycles. The van der Waals surface area contributed by atoms with Crippen molar-refractivity contribution in [2.75, 3.05) is 0 Å². The number of rotatable bonds is 2. The maximum atomic E-state index is 10.3. The smallest absolute Gasteiger partial charge is 0.305 e. The van der Waals surface area contributed by atoms with Crippen LogP contribution in [0.25, 0.3) is 0 Å². The molecule has 1 rings (SSSR count). The monoisotopic (exact) mass is 174 g/mol. The molecule has 0 aliphatic carbocycles. The summed E-state index contributed by atoms with van der Waals surface area (Å²) < 4.78 is 5.33. The average molecular weight is 174 g/mol. The second kappa shape index (κ2) is 3.87. The summed E-state index contributed by atoms with van der Waals surface area (Å²) in [6, 6.07) is 0. The van der Waals surface area contributed by atoms with Gasteiger partial charge in [0.25, 0.3) is 0 Å². The van der Waals surface area contributed by atoms with Gasteiger partial charge in [0.15, 0.2) is 0 Å². The Labute approximate surface area is 71.2 Å². The van der Waals surface area contributed by atoms with Crippen LogP contribution >= 0.6 is 0 Å². The van der Waals surface area contributed by atoms with E-state index < -0.39 is 12.1 Å². The molecule has 4 nitrogen and oxygen atoms in total. The van der Waals surface area contributed by atoms with Crippen LogP contribution in [0.4, 0.5) is 0 Å². The Morgan fingerprint density at radius 3 is 2.75 bits per heavy atom. The van der Waals surface area contributed by atoms with Gasteiger partial charge < -0.3 is 14.9 Å². The highest BCUT2D eigenvalue weighted by atomic mass is 16.5. The molecule has 0 radical (unpaired) electrons. The molecule has 1 saturated heterocycles. The molecule has 3 unspecified atom stereocenters. The van der Waals surface area contributed by atoms with Crippen LogP contribution in [0.15, 0.2) is 0 Å². The van der Waals surface area contributed by atoms with Gasteiger partial charge in [0, 0.05) is 6.42 Å². The van der Waals surface area contributed by atoms with Crippen LogP contribution in [-0.2, 0) is 9.53 Å². The molecular formula is C8H14O4. The van der Waals surface area contributed by atoms with E-state index in [9.17, 15) is 9.90 Å². The van der Waals surface area contributed by atoms with Crippen LogP contribution < -0.4 is 0 Å². The molecular weight excluding hydrogens is 160 g/mol. The number of ether oxygens (including phenoxy) is 1. The van der Waals surface area contributed by atoms with E-state index in [1.807, 2.05) is 6.92 Å². The van der Waals surface area contributed by atoms with Gasteiger partial charge in [-0.1, -0.05) is 0 Å². The maximum Gasteiger partial charge on any atom is 0.305 e. The van der Waals surface area contributed by atoms with Crippen molar-refractivity contribution in [1.82, 2.24) is 0 Å². The molecule has 1 aliphatic heterocycles. The van der Waals surface area contributed by atoms with Gasteiger partial charge in [-0.2, -0.15) is 0 Å². The lowest BCUT2D eigenvalue weighted by atomic mass is 10.00. The van der Waals surface area contributed by atoms with Gasteiger partial charge in [0.2, 0.25) is 0 Å². The fraction of sp³-hybridized carbons (Fsp3) is 0.875. The Bertz CT molecular complexity index is 158. The number of carboxylic acids is 1. The highest BCUT2D eigenvalue weighted by molar-refractivity contribution is 5.67. The zero-order valence-electron chi connectivity index (χ0n) is 7.06. The van der Waals surface area contributed by atoms with Crippen LogP contribution in [0.3, 0.4) is 0 Å². The van der Waals surface area contributed by atoms with Gasteiger partial charge >= 0.3 is 5.97 Å². The lowest BCUT2D eigenvalue weighted by Gasteiger charge is -2.30. The lowest BCUT2D eigenvalue weighted by molar-refractivity contribution is -0.145. The van der Waals surface area contributed by atoms with Gasteiger partial charge in [-0.3, -0.25) is 4.79 Å². The minimum atomic E-state index is -0.874. The molecule has 0 aromatic heterocycles. The molecule has 1 fully saturated rings. The third-order valence-corrected chi connectivity index (χ3v) is 1.97. The van der Waals surface area contributed by atoms with E-state index in [4.69, 9.17) is 9.84 Å². The van der Waals surface area contributed by atoms with Crippen LogP contribution in [0.5, 0.6) is 0 Å². The summed E-state index contributed by atoms with van der Waals surface area (Å²) in [5, 5.41) is 17.8. The summed E-state index contributed by atoms with van der Waals surface area (Å²) in [4.78, 5) is 10.3. The summed E-state index contributed by atoms with van der Waals surface area (Å²) in [6.07, 6.45) is 0.284. The van der Waals surface area contributed by atoms with Crippen molar-refractivity contribution in [2.45, 2.75) is 44.5 Å². The third kappa shape index (κ3) is 2.79. The van der Waals surface area contributed by atoms with Gasteiger partial charge in [-0.05, 0) is 13.3 Å². The van der Waals surface area contributed by atoms with E-state index in [2.05, 4.69) is 0 Å². The number of carbonyl (C=O) groups is 1. The Kier molecular flexibility index (Phi) is 3.05. The molecule has 1 heterocycles. The molecule has 12 heavy (non-hydrogen) atoms. The third-order valence-electron chi connectivity index (χ3n) is 1.97. The number of carboxylic acid groups (broad SMARTS) is 1. The van der Waals surface area contributed by atoms with Crippen molar-refractivity contribution in [1.29, 1.82) is 0 Å². The first-order valence-electron chi connectivity index (χ1n) is 4.13. The molecule has 4 heteroatoms. The van der Waals surface area contributed by atoms with E-state index in [-0.39, 0.29) is 18.6 Å². The van der Waals surface area contributed by atoms with Crippen LogP contribution in [-0.4, -0.2) is 34.5 Å². The summed E-state index contributed by atoms with van der Waals surface area (Å²) in [5.74, 6) is -0.874. The largest absolute Gasteiger partial charge is 0.481 e. The van der Waals surface area contributed by atoms with E-state index >= 15 is 0 Å². The minimum absolute atomic E-state index is 0.0125. The summed E-state index contributed by atoms with van der Waals surface area (Å²) in [6.45, 7) is 1.84. The quantitative estimate of drug-likeness (QED) is 0.635. The van der Waals surface area contributed by atoms with Crippen molar-refractivity contribution in [2.24, 2.45) is 0 Å².